The van der Waals surface area contributed by atoms with Crippen LogP contribution < -0.4 is 9.47 Å². The molecule has 0 aliphatic rings. The van der Waals surface area contributed by atoms with E-state index in [0.717, 1.165) is 5.56 Å². The third-order valence-corrected chi connectivity index (χ3v) is 2.30. The number of benzene rings is 1. The summed E-state index contributed by atoms with van der Waals surface area (Å²) in [5.41, 5.74) is 0.829. The van der Waals surface area contributed by atoms with E-state index in [4.69, 9.17) is 19.3 Å². The minimum atomic E-state index is -0.981. The third-order valence-electron chi connectivity index (χ3n) is 2.30. The second-order valence-corrected chi connectivity index (χ2v) is 3.48. The minimum Gasteiger partial charge on any atom is -0.493 e. The van der Waals surface area contributed by atoms with Crippen LogP contribution in [0.3, 0.4) is 0 Å². The molecule has 17 heavy (non-hydrogen) atoms. The van der Waals surface area contributed by atoms with Crippen molar-refractivity contribution in [3.63, 3.8) is 0 Å². The van der Waals surface area contributed by atoms with Crippen molar-refractivity contribution in [2.45, 2.75) is 19.6 Å². The van der Waals surface area contributed by atoms with Crippen molar-refractivity contribution in [3.8, 4) is 11.5 Å². The summed E-state index contributed by atoms with van der Waals surface area (Å²) in [5, 5.41) is 8.67. The Labute approximate surface area is 99.9 Å². The van der Waals surface area contributed by atoms with Gasteiger partial charge in [-0.3, -0.25) is 0 Å². The van der Waals surface area contributed by atoms with Gasteiger partial charge in [0.15, 0.2) is 17.6 Å². The van der Waals surface area contributed by atoms with Gasteiger partial charge in [0.1, 0.15) is 0 Å². The molecule has 5 heteroatoms. The average molecular weight is 240 g/mol. The number of methoxy groups -OCH3 is 2. The van der Waals surface area contributed by atoms with Gasteiger partial charge in [-0.25, -0.2) is 4.79 Å². The van der Waals surface area contributed by atoms with E-state index in [9.17, 15) is 4.79 Å². The fraction of sp³-hybridized carbons (Fsp3) is 0.417. The van der Waals surface area contributed by atoms with Crippen LogP contribution >= 0.6 is 0 Å². The molecule has 0 fully saturated rings. The predicted molar refractivity (Wildman–Crippen MR) is 61.4 cm³/mol. The maximum absolute atomic E-state index is 10.6. The first-order valence-corrected chi connectivity index (χ1v) is 5.13. The van der Waals surface area contributed by atoms with E-state index in [2.05, 4.69) is 0 Å². The number of carboxylic acid groups (broad SMARTS) is 1. The van der Waals surface area contributed by atoms with E-state index in [1.54, 1.807) is 32.4 Å². The number of ether oxygens (including phenoxy) is 3. The van der Waals surface area contributed by atoms with Crippen LogP contribution in [0.1, 0.15) is 12.5 Å². The lowest BCUT2D eigenvalue weighted by atomic mass is 10.2. The predicted octanol–water partition coefficient (Wildman–Crippen LogP) is 1.69. The van der Waals surface area contributed by atoms with Gasteiger partial charge in [-0.1, -0.05) is 6.07 Å². The summed E-state index contributed by atoms with van der Waals surface area (Å²) in [7, 11) is 3.10. The average Bonchev–Trinajstić information content (AvgIpc) is 2.35. The summed E-state index contributed by atoms with van der Waals surface area (Å²) in [6.45, 7) is 1.71. The smallest absolute Gasteiger partial charge is 0.332 e. The minimum absolute atomic E-state index is 0.216. The Kier molecular flexibility index (Phi) is 4.78. The summed E-state index contributed by atoms with van der Waals surface area (Å²) < 4.78 is 15.4. The molecule has 1 rings (SSSR count). The van der Waals surface area contributed by atoms with Crippen LogP contribution in [0, 0.1) is 0 Å². The van der Waals surface area contributed by atoms with Crippen molar-refractivity contribution < 1.29 is 24.1 Å². The van der Waals surface area contributed by atoms with Crippen molar-refractivity contribution in [2.24, 2.45) is 0 Å². The van der Waals surface area contributed by atoms with Gasteiger partial charge >= 0.3 is 5.97 Å². The molecule has 0 bridgehead atoms. The van der Waals surface area contributed by atoms with E-state index >= 15 is 0 Å². The standard InChI is InChI=1S/C12H16O5/c1-8(12(13)14)17-7-9-4-5-10(15-2)11(6-9)16-3/h4-6,8H,7H2,1-3H3,(H,13,14)/t8-/m0/s1. The molecule has 1 aromatic rings. The summed E-state index contributed by atoms with van der Waals surface area (Å²) in [5.74, 6) is 0.240. The van der Waals surface area contributed by atoms with Gasteiger partial charge in [-0.15, -0.1) is 0 Å². The van der Waals surface area contributed by atoms with Gasteiger partial charge in [0.05, 0.1) is 20.8 Å². The molecule has 1 aromatic carbocycles. The number of rotatable bonds is 6. The molecular formula is C12H16O5. The van der Waals surface area contributed by atoms with Gasteiger partial charge < -0.3 is 19.3 Å². The van der Waals surface area contributed by atoms with Crippen molar-refractivity contribution in [2.75, 3.05) is 14.2 Å². The second-order valence-electron chi connectivity index (χ2n) is 3.48. The van der Waals surface area contributed by atoms with Crippen LogP contribution in [-0.4, -0.2) is 31.4 Å². The Bertz CT molecular complexity index is 388. The number of carbonyl (C=O) groups is 1. The van der Waals surface area contributed by atoms with E-state index in [0.29, 0.717) is 11.5 Å². The van der Waals surface area contributed by atoms with E-state index in [-0.39, 0.29) is 6.61 Å². The molecule has 0 aliphatic carbocycles. The Morgan fingerprint density at radius 2 is 1.94 bits per heavy atom. The molecule has 1 N–H and O–H groups in total. The van der Waals surface area contributed by atoms with Crippen LogP contribution in [0.15, 0.2) is 18.2 Å². The van der Waals surface area contributed by atoms with Gasteiger partial charge in [-0.05, 0) is 24.6 Å². The highest BCUT2D eigenvalue weighted by molar-refractivity contribution is 5.71. The molecule has 0 saturated carbocycles. The summed E-state index contributed by atoms with van der Waals surface area (Å²) in [6, 6.07) is 5.31. The van der Waals surface area contributed by atoms with Gasteiger partial charge in [0.25, 0.3) is 0 Å². The highest BCUT2D eigenvalue weighted by atomic mass is 16.5. The summed E-state index contributed by atoms with van der Waals surface area (Å²) in [6.07, 6.45) is -0.830. The van der Waals surface area contributed by atoms with Crippen LogP contribution in [-0.2, 0) is 16.1 Å². The molecule has 1 atom stereocenters. The SMILES string of the molecule is COc1ccc(CO[C@@H](C)C(=O)O)cc1OC. The first-order chi connectivity index (χ1) is 8.08. The lowest BCUT2D eigenvalue weighted by molar-refractivity contribution is -0.149. The fourth-order valence-corrected chi connectivity index (χ4v) is 1.26. The van der Waals surface area contributed by atoms with Gasteiger partial charge in [0.2, 0.25) is 0 Å². The molecule has 0 heterocycles. The van der Waals surface area contributed by atoms with Crippen LogP contribution in [0.4, 0.5) is 0 Å². The molecule has 5 nitrogen and oxygen atoms in total. The van der Waals surface area contributed by atoms with E-state index in [1.165, 1.54) is 6.92 Å². The zero-order valence-corrected chi connectivity index (χ0v) is 10.1. The Balaban J connectivity index is 2.69. The lowest BCUT2D eigenvalue weighted by Gasteiger charge is -2.11. The Morgan fingerprint density at radius 3 is 2.47 bits per heavy atom. The van der Waals surface area contributed by atoms with E-state index < -0.39 is 12.1 Å². The summed E-state index contributed by atoms with van der Waals surface area (Å²) in [4.78, 5) is 10.6. The first kappa shape index (κ1) is 13.3. The molecule has 0 radical (unpaired) electrons. The number of hydrogen-bond donors (Lipinski definition) is 1. The maximum Gasteiger partial charge on any atom is 0.332 e. The fourth-order valence-electron chi connectivity index (χ4n) is 1.26. The monoisotopic (exact) mass is 240 g/mol. The molecule has 0 aromatic heterocycles. The van der Waals surface area contributed by atoms with Gasteiger partial charge in [0, 0.05) is 0 Å². The molecule has 0 aliphatic heterocycles. The van der Waals surface area contributed by atoms with Crippen molar-refractivity contribution in [1.29, 1.82) is 0 Å². The van der Waals surface area contributed by atoms with Crippen LogP contribution in [0.2, 0.25) is 0 Å². The third kappa shape index (κ3) is 3.64. The number of hydrogen-bond acceptors (Lipinski definition) is 4. The number of aliphatic carboxylic acids is 1. The first-order valence-electron chi connectivity index (χ1n) is 5.13. The van der Waals surface area contributed by atoms with Crippen LogP contribution in [0.25, 0.3) is 0 Å². The topological polar surface area (TPSA) is 65.0 Å². The quantitative estimate of drug-likeness (QED) is 0.819. The molecule has 0 saturated heterocycles. The van der Waals surface area contributed by atoms with Crippen molar-refractivity contribution in [3.05, 3.63) is 23.8 Å². The lowest BCUT2D eigenvalue weighted by Crippen LogP contribution is -2.19. The molecule has 0 spiro atoms. The Hall–Kier alpha value is -1.75. The van der Waals surface area contributed by atoms with Crippen molar-refractivity contribution in [1.82, 2.24) is 0 Å². The largest absolute Gasteiger partial charge is 0.493 e. The zero-order valence-electron chi connectivity index (χ0n) is 10.1. The zero-order chi connectivity index (χ0) is 12.8. The van der Waals surface area contributed by atoms with Gasteiger partial charge in [-0.2, -0.15) is 0 Å². The molecule has 0 unspecified atom stereocenters. The van der Waals surface area contributed by atoms with Crippen molar-refractivity contribution >= 4 is 5.97 Å². The second kappa shape index (κ2) is 6.10. The van der Waals surface area contributed by atoms with Crippen LogP contribution in [0.5, 0.6) is 11.5 Å². The maximum atomic E-state index is 10.6. The Morgan fingerprint density at radius 1 is 1.29 bits per heavy atom. The molecular weight excluding hydrogens is 224 g/mol. The van der Waals surface area contributed by atoms with E-state index in [1.807, 2.05) is 0 Å². The molecule has 94 valence electrons. The summed E-state index contributed by atoms with van der Waals surface area (Å²) >= 11 is 0. The molecule has 0 amide bonds. The highest BCUT2D eigenvalue weighted by Crippen LogP contribution is 2.27. The number of carboxylic acids is 1. The highest BCUT2D eigenvalue weighted by Gasteiger charge is 2.11. The normalized spacial score (nSPS) is 11.9.